The molecule has 0 spiro atoms. The van der Waals surface area contributed by atoms with Crippen LogP contribution in [0, 0.1) is 6.92 Å². The van der Waals surface area contributed by atoms with E-state index < -0.39 is 0 Å². The van der Waals surface area contributed by atoms with Crippen molar-refractivity contribution in [3.05, 3.63) is 47.3 Å². The van der Waals surface area contributed by atoms with Crippen molar-refractivity contribution in [3.8, 4) is 5.75 Å². The first-order valence-electron chi connectivity index (χ1n) is 8.34. The van der Waals surface area contributed by atoms with Gasteiger partial charge in [0.2, 0.25) is 0 Å². The van der Waals surface area contributed by atoms with Crippen molar-refractivity contribution in [2.24, 2.45) is 0 Å². The van der Waals surface area contributed by atoms with Crippen LogP contribution in [0.25, 0.3) is 0 Å². The molecule has 1 aromatic carbocycles. The number of likely N-dealkylation sites (tertiary alicyclic amines) is 1. The van der Waals surface area contributed by atoms with E-state index in [-0.39, 0.29) is 24.9 Å². The number of hydrogen-bond donors (Lipinski definition) is 1. The van der Waals surface area contributed by atoms with Gasteiger partial charge in [0.1, 0.15) is 11.5 Å². The molecular formula is C18H24ClN3O3. The Morgan fingerprint density at radius 3 is 2.76 bits per heavy atom. The Morgan fingerprint density at radius 2 is 2.04 bits per heavy atom. The molecule has 1 fully saturated rings. The molecule has 0 aliphatic carbocycles. The molecule has 1 aromatic heterocycles. The monoisotopic (exact) mass is 365 g/mol. The van der Waals surface area contributed by atoms with Crippen LogP contribution in [0.3, 0.4) is 0 Å². The van der Waals surface area contributed by atoms with Crippen LogP contribution in [0.2, 0.25) is 0 Å². The number of carbonyl (C=O) groups excluding carboxylic acids is 1. The molecule has 3 rings (SSSR count). The second kappa shape index (κ2) is 9.44. The van der Waals surface area contributed by atoms with Crippen LogP contribution in [0.1, 0.15) is 29.9 Å². The molecule has 1 amide bonds. The second-order valence-electron chi connectivity index (χ2n) is 6.02. The van der Waals surface area contributed by atoms with Crippen molar-refractivity contribution in [2.75, 3.05) is 19.7 Å². The average molecular weight is 366 g/mol. The van der Waals surface area contributed by atoms with Crippen molar-refractivity contribution in [1.82, 2.24) is 15.4 Å². The second-order valence-corrected chi connectivity index (χ2v) is 6.02. The third-order valence-electron chi connectivity index (χ3n) is 4.08. The molecule has 6 nitrogen and oxygen atoms in total. The first-order valence-corrected chi connectivity index (χ1v) is 8.34. The molecular weight excluding hydrogens is 342 g/mol. The number of carbonyl (C=O) groups is 1. The molecule has 0 radical (unpaired) electrons. The van der Waals surface area contributed by atoms with E-state index in [9.17, 15) is 4.79 Å². The SMILES string of the molecule is Cc1cc(CNCc2ccccc2OCC(=O)N2CCCC2)no1.Cl. The topological polar surface area (TPSA) is 67.6 Å². The number of aryl methyl sites for hydroxylation is 1. The Labute approximate surface area is 153 Å². The quantitative estimate of drug-likeness (QED) is 0.817. The number of nitrogens with one attached hydrogen (secondary N) is 1. The lowest BCUT2D eigenvalue weighted by Crippen LogP contribution is -2.32. The maximum absolute atomic E-state index is 12.1. The van der Waals surface area contributed by atoms with Gasteiger partial charge in [-0.05, 0) is 25.8 Å². The lowest BCUT2D eigenvalue weighted by Gasteiger charge is -2.17. The average Bonchev–Trinajstić information content (AvgIpc) is 3.25. The summed E-state index contributed by atoms with van der Waals surface area (Å²) in [5.74, 6) is 1.61. The van der Waals surface area contributed by atoms with Crippen LogP contribution < -0.4 is 10.1 Å². The predicted octanol–water partition coefficient (Wildman–Crippen LogP) is 2.70. The highest BCUT2D eigenvalue weighted by Crippen LogP contribution is 2.18. The fourth-order valence-corrected chi connectivity index (χ4v) is 2.81. The fourth-order valence-electron chi connectivity index (χ4n) is 2.81. The van der Waals surface area contributed by atoms with E-state index in [0.717, 1.165) is 48.7 Å². The third-order valence-corrected chi connectivity index (χ3v) is 4.08. The summed E-state index contributed by atoms with van der Waals surface area (Å²) in [6.07, 6.45) is 2.18. The van der Waals surface area contributed by atoms with Crippen molar-refractivity contribution in [3.63, 3.8) is 0 Å². The molecule has 1 N–H and O–H groups in total. The minimum atomic E-state index is 0. The summed E-state index contributed by atoms with van der Waals surface area (Å²) in [5, 5.41) is 7.27. The Hall–Kier alpha value is -2.05. The van der Waals surface area contributed by atoms with Gasteiger partial charge in [0.15, 0.2) is 6.61 Å². The highest BCUT2D eigenvalue weighted by atomic mass is 35.5. The van der Waals surface area contributed by atoms with E-state index in [1.54, 1.807) is 0 Å². The summed E-state index contributed by atoms with van der Waals surface area (Å²) in [5.41, 5.74) is 1.89. The van der Waals surface area contributed by atoms with Crippen molar-refractivity contribution < 1.29 is 14.1 Å². The van der Waals surface area contributed by atoms with E-state index in [2.05, 4.69) is 10.5 Å². The van der Waals surface area contributed by atoms with Gasteiger partial charge in [0.05, 0.1) is 5.69 Å². The summed E-state index contributed by atoms with van der Waals surface area (Å²) in [7, 11) is 0. The van der Waals surface area contributed by atoms with Gasteiger partial charge in [-0.1, -0.05) is 23.4 Å². The smallest absolute Gasteiger partial charge is 0.260 e. The number of para-hydroxylation sites is 1. The standard InChI is InChI=1S/C18H23N3O3.ClH/c1-14-10-16(20-24-14)12-19-11-15-6-2-3-7-17(15)23-13-18(22)21-8-4-5-9-21;/h2-3,6-7,10,19H,4-5,8-9,11-13H2,1H3;1H. The molecule has 0 unspecified atom stereocenters. The molecule has 0 saturated carbocycles. The molecule has 0 atom stereocenters. The number of benzene rings is 1. The molecule has 2 aromatic rings. The summed E-state index contributed by atoms with van der Waals surface area (Å²) in [6.45, 7) is 4.93. The van der Waals surface area contributed by atoms with Crippen LogP contribution in [0.15, 0.2) is 34.9 Å². The first-order chi connectivity index (χ1) is 11.7. The van der Waals surface area contributed by atoms with Crippen LogP contribution in [-0.4, -0.2) is 35.7 Å². The van der Waals surface area contributed by atoms with Crippen LogP contribution in [-0.2, 0) is 17.9 Å². The van der Waals surface area contributed by atoms with Gasteiger partial charge in [-0.3, -0.25) is 4.79 Å². The molecule has 7 heteroatoms. The summed E-state index contributed by atoms with van der Waals surface area (Å²) >= 11 is 0. The minimum absolute atomic E-state index is 0. The summed E-state index contributed by atoms with van der Waals surface area (Å²) < 4.78 is 10.8. The molecule has 1 aliphatic heterocycles. The number of amides is 1. The van der Waals surface area contributed by atoms with E-state index in [4.69, 9.17) is 9.26 Å². The van der Waals surface area contributed by atoms with Gasteiger partial charge in [0.25, 0.3) is 5.91 Å². The van der Waals surface area contributed by atoms with Gasteiger partial charge in [0, 0.05) is 37.8 Å². The molecule has 25 heavy (non-hydrogen) atoms. The Morgan fingerprint density at radius 1 is 1.28 bits per heavy atom. The summed E-state index contributed by atoms with van der Waals surface area (Å²) in [4.78, 5) is 14.0. The Kier molecular flexibility index (Phi) is 7.28. The van der Waals surface area contributed by atoms with Crippen LogP contribution in [0.4, 0.5) is 0 Å². The maximum atomic E-state index is 12.1. The zero-order valence-electron chi connectivity index (χ0n) is 14.4. The van der Waals surface area contributed by atoms with E-state index in [1.807, 2.05) is 42.2 Å². The van der Waals surface area contributed by atoms with Crippen LogP contribution >= 0.6 is 12.4 Å². The lowest BCUT2D eigenvalue weighted by atomic mass is 10.2. The Bertz CT molecular complexity index is 684. The first kappa shape index (κ1) is 19.3. The van der Waals surface area contributed by atoms with Crippen molar-refractivity contribution >= 4 is 18.3 Å². The number of aromatic nitrogens is 1. The van der Waals surface area contributed by atoms with Gasteiger partial charge >= 0.3 is 0 Å². The molecule has 2 heterocycles. The minimum Gasteiger partial charge on any atom is -0.483 e. The fraction of sp³-hybridized carbons (Fsp3) is 0.444. The lowest BCUT2D eigenvalue weighted by molar-refractivity contribution is -0.132. The highest BCUT2D eigenvalue weighted by molar-refractivity contribution is 5.85. The van der Waals surface area contributed by atoms with Gasteiger partial charge in [-0.2, -0.15) is 0 Å². The van der Waals surface area contributed by atoms with Gasteiger partial charge in [-0.25, -0.2) is 0 Å². The number of halogens is 1. The predicted molar refractivity (Wildman–Crippen MR) is 96.8 cm³/mol. The Balaban J connectivity index is 0.00000225. The normalized spacial score (nSPS) is 13.6. The molecule has 0 bridgehead atoms. The van der Waals surface area contributed by atoms with Crippen molar-refractivity contribution in [2.45, 2.75) is 32.9 Å². The number of rotatable bonds is 7. The van der Waals surface area contributed by atoms with Gasteiger partial charge < -0.3 is 19.5 Å². The van der Waals surface area contributed by atoms with Gasteiger partial charge in [-0.15, -0.1) is 12.4 Å². The van der Waals surface area contributed by atoms with E-state index >= 15 is 0 Å². The molecule has 1 saturated heterocycles. The van der Waals surface area contributed by atoms with Crippen LogP contribution in [0.5, 0.6) is 5.75 Å². The zero-order valence-corrected chi connectivity index (χ0v) is 15.2. The number of ether oxygens (including phenoxy) is 1. The maximum Gasteiger partial charge on any atom is 0.260 e. The number of nitrogens with zero attached hydrogens (tertiary/aromatic N) is 2. The highest BCUT2D eigenvalue weighted by Gasteiger charge is 2.18. The van der Waals surface area contributed by atoms with Crippen molar-refractivity contribution in [1.29, 1.82) is 0 Å². The summed E-state index contributed by atoms with van der Waals surface area (Å²) in [6, 6.07) is 9.68. The molecule has 136 valence electrons. The zero-order chi connectivity index (χ0) is 16.8. The third kappa shape index (κ3) is 5.47. The van der Waals surface area contributed by atoms with E-state index in [0.29, 0.717) is 13.1 Å². The molecule has 1 aliphatic rings. The van der Waals surface area contributed by atoms with E-state index in [1.165, 1.54) is 0 Å². The largest absolute Gasteiger partial charge is 0.483 e. The number of hydrogen-bond acceptors (Lipinski definition) is 5.